The lowest BCUT2D eigenvalue weighted by Crippen LogP contribution is -2.00. The lowest BCUT2D eigenvalue weighted by Gasteiger charge is -2.03. The molecule has 27 heavy (non-hydrogen) atoms. The van der Waals surface area contributed by atoms with Crippen molar-refractivity contribution >= 4 is 22.4 Å². The number of aryl methyl sites for hydroxylation is 1. The molecule has 0 aliphatic carbocycles. The van der Waals surface area contributed by atoms with Gasteiger partial charge in [-0.2, -0.15) is 9.78 Å². The Morgan fingerprint density at radius 3 is 2.70 bits per heavy atom. The van der Waals surface area contributed by atoms with Gasteiger partial charge in [0.15, 0.2) is 11.5 Å². The topological polar surface area (TPSA) is 69.4 Å². The smallest absolute Gasteiger partial charge is 0.165 e. The van der Waals surface area contributed by atoms with Crippen molar-refractivity contribution in [2.45, 2.75) is 6.92 Å². The van der Waals surface area contributed by atoms with E-state index in [-0.39, 0.29) is 0 Å². The molecule has 0 radical (unpaired) electrons. The van der Waals surface area contributed by atoms with Crippen LogP contribution in [0.2, 0.25) is 0 Å². The molecule has 0 aliphatic heterocycles. The molecule has 0 saturated heterocycles. The maximum Gasteiger partial charge on any atom is 0.165 e. The van der Waals surface area contributed by atoms with Crippen molar-refractivity contribution in [1.82, 2.24) is 29.7 Å². The molecule has 0 amide bonds. The van der Waals surface area contributed by atoms with Crippen LogP contribution in [-0.4, -0.2) is 29.7 Å². The van der Waals surface area contributed by atoms with Gasteiger partial charge < -0.3 is 0 Å². The summed E-state index contributed by atoms with van der Waals surface area (Å²) in [7, 11) is 0. The van der Waals surface area contributed by atoms with Crippen molar-refractivity contribution in [3.63, 3.8) is 0 Å². The molecule has 0 spiro atoms. The predicted octanol–water partition coefficient (Wildman–Crippen LogP) is 4.31. The number of hydrogen-bond acceptors (Lipinski definition) is 6. The second-order valence-electron chi connectivity index (χ2n) is 6.03. The van der Waals surface area contributed by atoms with Gasteiger partial charge in [-0.1, -0.05) is 6.07 Å². The van der Waals surface area contributed by atoms with E-state index < -0.39 is 0 Å². The zero-order chi connectivity index (χ0) is 18.2. The molecule has 5 aromatic heterocycles. The maximum atomic E-state index is 4.86. The molecule has 5 aromatic rings. The Labute approximate surface area is 159 Å². The van der Waals surface area contributed by atoms with Gasteiger partial charge >= 0.3 is 0 Å². The summed E-state index contributed by atoms with van der Waals surface area (Å²) in [5.74, 6) is 0.745. The predicted molar refractivity (Wildman–Crippen MR) is 106 cm³/mol. The van der Waals surface area contributed by atoms with Crippen molar-refractivity contribution in [1.29, 1.82) is 0 Å². The van der Waals surface area contributed by atoms with Crippen molar-refractivity contribution in [3.8, 4) is 27.0 Å². The number of thiazole rings is 1. The minimum absolute atomic E-state index is 0.745. The summed E-state index contributed by atoms with van der Waals surface area (Å²) in [6.07, 6.45) is 7.15. The lowest BCUT2D eigenvalue weighted by atomic mass is 10.2. The first-order chi connectivity index (χ1) is 13.3. The van der Waals surface area contributed by atoms with Crippen LogP contribution in [0, 0.1) is 6.92 Å². The van der Waals surface area contributed by atoms with E-state index in [1.54, 1.807) is 34.6 Å². The number of aromatic nitrogens is 6. The first-order valence-corrected chi connectivity index (χ1v) is 9.25. The van der Waals surface area contributed by atoms with Crippen LogP contribution in [0.1, 0.15) is 5.69 Å². The van der Waals surface area contributed by atoms with E-state index >= 15 is 0 Å². The van der Waals surface area contributed by atoms with Crippen LogP contribution in [-0.2, 0) is 0 Å². The first-order valence-electron chi connectivity index (χ1n) is 8.44. The van der Waals surface area contributed by atoms with Gasteiger partial charge in [0.05, 0.1) is 22.5 Å². The summed E-state index contributed by atoms with van der Waals surface area (Å²) >= 11 is 1.62. The normalized spacial score (nSPS) is 11.1. The third-order valence-electron chi connectivity index (χ3n) is 4.22. The van der Waals surface area contributed by atoms with Crippen molar-refractivity contribution in [2.24, 2.45) is 0 Å². The second-order valence-corrected chi connectivity index (χ2v) is 7.03. The molecule has 5 rings (SSSR count). The summed E-state index contributed by atoms with van der Waals surface area (Å²) in [6, 6.07) is 13.7. The van der Waals surface area contributed by atoms with Crippen LogP contribution in [0.4, 0.5) is 0 Å². The van der Waals surface area contributed by atoms with Gasteiger partial charge in [-0.25, -0.2) is 15.0 Å². The molecule has 0 N–H and O–H groups in total. The molecule has 0 atom stereocenters. The van der Waals surface area contributed by atoms with E-state index in [0.29, 0.717) is 0 Å². The molecule has 0 fully saturated rings. The van der Waals surface area contributed by atoms with Gasteiger partial charge in [0.2, 0.25) is 0 Å². The van der Waals surface area contributed by atoms with Crippen LogP contribution >= 0.6 is 11.3 Å². The molecular formula is C20H14N6S. The van der Waals surface area contributed by atoms with Gasteiger partial charge in [-0.15, -0.1) is 11.3 Å². The fraction of sp³-hybridized carbons (Fsp3) is 0.0500. The Balaban J connectivity index is 1.63. The molecule has 0 saturated carbocycles. The third-order valence-corrected chi connectivity index (χ3v) is 5.45. The highest BCUT2D eigenvalue weighted by Gasteiger charge is 2.15. The summed E-state index contributed by atoms with van der Waals surface area (Å²) in [5.41, 5.74) is 3.62. The quantitative estimate of drug-likeness (QED) is 0.473. The van der Waals surface area contributed by atoms with Gasteiger partial charge in [-0.05, 0) is 43.3 Å². The lowest BCUT2D eigenvalue weighted by molar-refractivity contribution is 0.863. The van der Waals surface area contributed by atoms with Crippen molar-refractivity contribution in [2.75, 3.05) is 0 Å². The Kier molecular flexibility index (Phi) is 3.72. The summed E-state index contributed by atoms with van der Waals surface area (Å²) < 4.78 is 1.76. The van der Waals surface area contributed by atoms with Crippen LogP contribution in [0.3, 0.4) is 0 Å². The SMILES string of the molecule is Cc1nc(-c2cccnc2)sc1-c1ccc2cnn(-c3ccccn3)c2n1. The maximum absolute atomic E-state index is 4.86. The summed E-state index contributed by atoms with van der Waals surface area (Å²) in [5, 5.41) is 6.36. The van der Waals surface area contributed by atoms with Gasteiger partial charge in [0.1, 0.15) is 5.01 Å². The van der Waals surface area contributed by atoms with E-state index in [1.165, 1.54) is 0 Å². The molecule has 0 aliphatic rings. The fourth-order valence-electron chi connectivity index (χ4n) is 2.92. The number of rotatable bonds is 3. The number of fused-ring (bicyclic) bond motifs is 1. The van der Waals surface area contributed by atoms with Crippen molar-refractivity contribution < 1.29 is 0 Å². The molecule has 0 unspecified atom stereocenters. The van der Waals surface area contributed by atoms with E-state index in [2.05, 4.69) is 15.1 Å². The fourth-order valence-corrected chi connectivity index (χ4v) is 3.95. The van der Waals surface area contributed by atoms with Crippen molar-refractivity contribution in [3.05, 3.63) is 72.9 Å². The minimum Gasteiger partial charge on any atom is -0.264 e. The molecule has 0 bridgehead atoms. The average Bonchev–Trinajstić information content (AvgIpc) is 3.32. The zero-order valence-corrected chi connectivity index (χ0v) is 15.3. The minimum atomic E-state index is 0.745. The van der Waals surface area contributed by atoms with Gasteiger partial charge in [0.25, 0.3) is 0 Å². The van der Waals surface area contributed by atoms with E-state index in [4.69, 9.17) is 9.97 Å². The van der Waals surface area contributed by atoms with Crippen LogP contribution in [0.15, 0.2) is 67.3 Å². The van der Waals surface area contributed by atoms with E-state index in [0.717, 1.165) is 43.7 Å². The average molecular weight is 370 g/mol. The third kappa shape index (κ3) is 2.78. The monoisotopic (exact) mass is 370 g/mol. The molecule has 5 heterocycles. The highest BCUT2D eigenvalue weighted by Crippen LogP contribution is 2.34. The number of nitrogens with zero attached hydrogens (tertiary/aromatic N) is 6. The van der Waals surface area contributed by atoms with E-state index in [9.17, 15) is 0 Å². The van der Waals surface area contributed by atoms with Gasteiger partial charge in [-0.3, -0.25) is 4.98 Å². The Morgan fingerprint density at radius 2 is 1.89 bits per heavy atom. The highest BCUT2D eigenvalue weighted by molar-refractivity contribution is 7.18. The van der Waals surface area contributed by atoms with Crippen LogP contribution in [0.25, 0.3) is 38.0 Å². The standard InChI is InChI=1S/C20H14N6S/c1-13-18(27-20(24-13)15-5-4-9-21-11-15)16-8-7-14-12-23-26(19(14)25-16)17-6-2-3-10-22-17/h2-12H,1H3. The molecule has 130 valence electrons. The number of pyridine rings is 3. The summed E-state index contributed by atoms with van der Waals surface area (Å²) in [4.78, 5) is 19.2. The molecular weight excluding hydrogens is 356 g/mol. The van der Waals surface area contributed by atoms with E-state index in [1.807, 2.05) is 55.6 Å². The van der Waals surface area contributed by atoms with Crippen LogP contribution in [0.5, 0.6) is 0 Å². The Hall–Kier alpha value is -3.45. The Bertz CT molecular complexity index is 1230. The first kappa shape index (κ1) is 15.8. The van der Waals surface area contributed by atoms with Gasteiger partial charge in [0, 0.05) is 29.5 Å². The second kappa shape index (κ2) is 6.37. The molecule has 6 nitrogen and oxygen atoms in total. The summed E-state index contributed by atoms with van der Waals surface area (Å²) in [6.45, 7) is 2.01. The van der Waals surface area contributed by atoms with Crippen LogP contribution < -0.4 is 0 Å². The zero-order valence-electron chi connectivity index (χ0n) is 14.4. The number of hydrogen-bond donors (Lipinski definition) is 0. The molecule has 7 heteroatoms. The Morgan fingerprint density at radius 1 is 0.926 bits per heavy atom. The highest BCUT2D eigenvalue weighted by atomic mass is 32.1. The molecule has 0 aromatic carbocycles. The largest absolute Gasteiger partial charge is 0.264 e.